The summed E-state index contributed by atoms with van der Waals surface area (Å²) in [4.78, 5) is 0. The van der Waals surface area contributed by atoms with E-state index in [2.05, 4.69) is 34.6 Å². The van der Waals surface area contributed by atoms with Gasteiger partial charge in [-0.25, -0.2) is 0 Å². The Morgan fingerprint density at radius 2 is 1.59 bits per heavy atom. The molecule has 0 spiro atoms. The van der Waals surface area contributed by atoms with E-state index in [1.54, 1.807) is 0 Å². The first kappa shape index (κ1) is 17.0. The van der Waals surface area contributed by atoms with E-state index in [0.29, 0.717) is 11.3 Å². The molecule has 17 heavy (non-hydrogen) atoms. The third-order valence-electron chi connectivity index (χ3n) is 3.28. The first-order chi connectivity index (χ1) is 7.85. The molecule has 0 radical (unpaired) electrons. The standard InChI is InChI=1S/C16H34O/c1-6-7-8-9-10-11-15(17)12-14(2)13-16(3,4)5/h14-15,17H,6-13H2,1-5H3. The first-order valence-electron chi connectivity index (χ1n) is 7.53. The van der Waals surface area contributed by atoms with E-state index < -0.39 is 0 Å². The number of aliphatic hydroxyl groups excluding tert-OH is 1. The van der Waals surface area contributed by atoms with Crippen molar-refractivity contribution in [3.63, 3.8) is 0 Å². The summed E-state index contributed by atoms with van der Waals surface area (Å²) in [7, 11) is 0. The first-order valence-corrected chi connectivity index (χ1v) is 7.53. The summed E-state index contributed by atoms with van der Waals surface area (Å²) in [5.74, 6) is 0.639. The van der Waals surface area contributed by atoms with Gasteiger partial charge >= 0.3 is 0 Å². The fourth-order valence-corrected chi connectivity index (χ4v) is 2.69. The second kappa shape index (κ2) is 8.97. The highest BCUT2D eigenvalue weighted by Gasteiger charge is 2.17. The van der Waals surface area contributed by atoms with Gasteiger partial charge in [-0.05, 0) is 30.6 Å². The average Bonchev–Trinajstić information content (AvgIpc) is 2.14. The molecule has 0 bridgehead atoms. The summed E-state index contributed by atoms with van der Waals surface area (Å²) in [6.07, 6.45) is 9.57. The van der Waals surface area contributed by atoms with Gasteiger partial charge in [0.15, 0.2) is 0 Å². The van der Waals surface area contributed by atoms with Crippen LogP contribution in [0.4, 0.5) is 0 Å². The number of hydrogen-bond donors (Lipinski definition) is 1. The average molecular weight is 242 g/mol. The summed E-state index contributed by atoms with van der Waals surface area (Å²) in [5, 5.41) is 9.97. The van der Waals surface area contributed by atoms with Crippen molar-refractivity contribution in [1.29, 1.82) is 0 Å². The molecule has 0 aromatic rings. The van der Waals surface area contributed by atoms with Crippen LogP contribution in [-0.4, -0.2) is 11.2 Å². The van der Waals surface area contributed by atoms with Crippen LogP contribution in [-0.2, 0) is 0 Å². The smallest absolute Gasteiger partial charge is 0.0542 e. The van der Waals surface area contributed by atoms with E-state index in [9.17, 15) is 5.11 Å². The van der Waals surface area contributed by atoms with Crippen molar-refractivity contribution in [2.24, 2.45) is 11.3 Å². The molecule has 0 aromatic carbocycles. The third kappa shape index (κ3) is 12.2. The Labute approximate surface area is 109 Å². The molecule has 0 amide bonds. The van der Waals surface area contributed by atoms with E-state index >= 15 is 0 Å². The van der Waals surface area contributed by atoms with E-state index in [-0.39, 0.29) is 6.10 Å². The highest BCUT2D eigenvalue weighted by Crippen LogP contribution is 2.27. The lowest BCUT2D eigenvalue weighted by Gasteiger charge is -2.24. The Balaban J connectivity index is 3.54. The normalized spacial score (nSPS) is 15.9. The van der Waals surface area contributed by atoms with Crippen molar-refractivity contribution in [3.8, 4) is 0 Å². The van der Waals surface area contributed by atoms with E-state index in [4.69, 9.17) is 0 Å². The minimum atomic E-state index is -0.0750. The zero-order valence-corrected chi connectivity index (χ0v) is 12.8. The molecule has 0 rings (SSSR count). The fraction of sp³-hybridized carbons (Fsp3) is 1.00. The van der Waals surface area contributed by atoms with Gasteiger partial charge in [0, 0.05) is 0 Å². The molecule has 0 saturated heterocycles. The molecular formula is C16H34O. The Kier molecular flexibility index (Phi) is 8.94. The van der Waals surface area contributed by atoms with Gasteiger partial charge in [0.2, 0.25) is 0 Å². The number of hydrogen-bond acceptors (Lipinski definition) is 1. The minimum absolute atomic E-state index is 0.0750. The lowest BCUT2D eigenvalue weighted by molar-refractivity contribution is 0.121. The van der Waals surface area contributed by atoms with Gasteiger partial charge in [0.05, 0.1) is 6.10 Å². The quantitative estimate of drug-likeness (QED) is 0.553. The summed E-state index contributed by atoms with van der Waals surface area (Å²) < 4.78 is 0. The van der Waals surface area contributed by atoms with Crippen LogP contribution in [0, 0.1) is 11.3 Å². The van der Waals surface area contributed by atoms with Crippen LogP contribution in [0.1, 0.15) is 86.0 Å². The van der Waals surface area contributed by atoms with Crippen LogP contribution in [0.15, 0.2) is 0 Å². The van der Waals surface area contributed by atoms with Crippen molar-refractivity contribution in [2.75, 3.05) is 0 Å². The maximum Gasteiger partial charge on any atom is 0.0542 e. The molecule has 104 valence electrons. The molecule has 0 aliphatic rings. The summed E-state index contributed by atoms with van der Waals surface area (Å²) in [6.45, 7) is 11.3. The molecule has 2 unspecified atom stereocenters. The molecule has 1 N–H and O–H groups in total. The lowest BCUT2D eigenvalue weighted by atomic mass is 9.83. The van der Waals surface area contributed by atoms with Crippen LogP contribution >= 0.6 is 0 Å². The Morgan fingerprint density at radius 3 is 2.12 bits per heavy atom. The number of unbranched alkanes of at least 4 members (excludes halogenated alkanes) is 4. The van der Waals surface area contributed by atoms with Crippen molar-refractivity contribution < 1.29 is 5.11 Å². The number of aliphatic hydroxyl groups is 1. The fourth-order valence-electron chi connectivity index (χ4n) is 2.69. The molecule has 0 aliphatic heterocycles. The van der Waals surface area contributed by atoms with Gasteiger partial charge in [-0.15, -0.1) is 0 Å². The van der Waals surface area contributed by atoms with Gasteiger partial charge in [-0.3, -0.25) is 0 Å². The van der Waals surface area contributed by atoms with Crippen LogP contribution in [0.3, 0.4) is 0 Å². The van der Waals surface area contributed by atoms with Crippen LogP contribution < -0.4 is 0 Å². The second-order valence-corrected chi connectivity index (χ2v) is 6.96. The highest BCUT2D eigenvalue weighted by atomic mass is 16.3. The molecule has 1 nitrogen and oxygen atoms in total. The maximum atomic E-state index is 9.97. The van der Waals surface area contributed by atoms with Gasteiger partial charge in [-0.2, -0.15) is 0 Å². The summed E-state index contributed by atoms with van der Waals surface area (Å²) in [6, 6.07) is 0. The Bertz CT molecular complexity index is 169. The zero-order valence-electron chi connectivity index (χ0n) is 12.8. The largest absolute Gasteiger partial charge is 0.393 e. The topological polar surface area (TPSA) is 20.2 Å². The molecule has 0 aliphatic carbocycles. The Hall–Kier alpha value is -0.0400. The van der Waals surface area contributed by atoms with Gasteiger partial charge in [0.25, 0.3) is 0 Å². The number of rotatable bonds is 9. The molecular weight excluding hydrogens is 208 g/mol. The van der Waals surface area contributed by atoms with Gasteiger partial charge < -0.3 is 5.11 Å². The molecule has 0 saturated carbocycles. The molecule has 1 heteroatoms. The summed E-state index contributed by atoms with van der Waals surface area (Å²) >= 11 is 0. The van der Waals surface area contributed by atoms with Crippen LogP contribution in [0.2, 0.25) is 0 Å². The Morgan fingerprint density at radius 1 is 1.00 bits per heavy atom. The van der Waals surface area contributed by atoms with Gasteiger partial charge in [-0.1, -0.05) is 66.7 Å². The molecule has 0 aromatic heterocycles. The SMILES string of the molecule is CCCCCCCC(O)CC(C)CC(C)(C)C. The molecule has 2 atom stereocenters. The predicted octanol–water partition coefficient (Wildman–Crippen LogP) is 5.17. The monoisotopic (exact) mass is 242 g/mol. The maximum absolute atomic E-state index is 9.97. The highest BCUT2D eigenvalue weighted by molar-refractivity contribution is 4.69. The van der Waals surface area contributed by atoms with Crippen molar-refractivity contribution in [3.05, 3.63) is 0 Å². The van der Waals surface area contributed by atoms with E-state index in [0.717, 1.165) is 12.8 Å². The van der Waals surface area contributed by atoms with Crippen LogP contribution in [0.5, 0.6) is 0 Å². The minimum Gasteiger partial charge on any atom is -0.393 e. The molecule has 0 heterocycles. The lowest BCUT2D eigenvalue weighted by Crippen LogP contribution is -2.17. The zero-order chi connectivity index (χ0) is 13.3. The van der Waals surface area contributed by atoms with Crippen molar-refractivity contribution >= 4 is 0 Å². The second-order valence-electron chi connectivity index (χ2n) is 6.96. The summed E-state index contributed by atoms with van der Waals surface area (Å²) in [5.41, 5.74) is 0.389. The van der Waals surface area contributed by atoms with Gasteiger partial charge in [0.1, 0.15) is 0 Å². The van der Waals surface area contributed by atoms with Crippen LogP contribution in [0.25, 0.3) is 0 Å². The predicted molar refractivity (Wildman–Crippen MR) is 77.2 cm³/mol. The van der Waals surface area contributed by atoms with Crippen molar-refractivity contribution in [1.82, 2.24) is 0 Å². The van der Waals surface area contributed by atoms with E-state index in [1.807, 2.05) is 0 Å². The molecule has 0 fully saturated rings. The van der Waals surface area contributed by atoms with Crippen molar-refractivity contribution in [2.45, 2.75) is 92.1 Å². The third-order valence-corrected chi connectivity index (χ3v) is 3.28. The van der Waals surface area contributed by atoms with E-state index in [1.165, 1.54) is 38.5 Å².